The van der Waals surface area contributed by atoms with Crippen molar-refractivity contribution >= 4 is 27.4 Å². The van der Waals surface area contributed by atoms with Crippen molar-refractivity contribution in [3.8, 4) is 5.75 Å². The highest BCUT2D eigenvalue weighted by atomic mass is 35.5. The SMILES string of the molecule is CCOC(=O)C(C)(C)Oc1ccc(S(=O)(=O)c2ccc(CCNC[C@H](O)c3cccc(Cl)c3)cc2)cc1. The molecule has 0 aliphatic carbocycles. The Morgan fingerprint density at radius 1 is 1.03 bits per heavy atom. The summed E-state index contributed by atoms with van der Waals surface area (Å²) in [4.78, 5) is 12.3. The minimum absolute atomic E-state index is 0.123. The predicted molar refractivity (Wildman–Crippen MR) is 143 cm³/mol. The van der Waals surface area contributed by atoms with E-state index in [0.717, 1.165) is 11.1 Å². The van der Waals surface area contributed by atoms with E-state index in [1.165, 1.54) is 24.3 Å². The molecular weight excluding hydrogens is 514 g/mol. The molecule has 0 bridgehead atoms. The van der Waals surface area contributed by atoms with Crippen LogP contribution < -0.4 is 10.1 Å². The summed E-state index contributed by atoms with van der Waals surface area (Å²) in [5, 5.41) is 14.1. The van der Waals surface area contributed by atoms with Gasteiger partial charge in [-0.3, -0.25) is 0 Å². The number of hydrogen-bond acceptors (Lipinski definition) is 7. The van der Waals surface area contributed by atoms with Crippen LogP contribution in [0, 0.1) is 0 Å². The number of halogens is 1. The first-order chi connectivity index (χ1) is 17.5. The summed E-state index contributed by atoms with van der Waals surface area (Å²) in [6, 6.07) is 19.8. The Labute approximate surface area is 223 Å². The molecule has 0 aliphatic heterocycles. The molecule has 7 nitrogen and oxygen atoms in total. The molecule has 0 aromatic heterocycles. The zero-order valence-electron chi connectivity index (χ0n) is 21.1. The number of sulfone groups is 1. The Hall–Kier alpha value is -2.91. The van der Waals surface area contributed by atoms with E-state index in [4.69, 9.17) is 21.1 Å². The van der Waals surface area contributed by atoms with Crippen molar-refractivity contribution in [1.82, 2.24) is 5.32 Å². The number of benzene rings is 3. The first kappa shape index (κ1) is 28.7. The van der Waals surface area contributed by atoms with Gasteiger partial charge in [0, 0.05) is 11.6 Å². The summed E-state index contributed by atoms with van der Waals surface area (Å²) in [5.41, 5.74) is 0.513. The van der Waals surface area contributed by atoms with E-state index in [-0.39, 0.29) is 16.4 Å². The van der Waals surface area contributed by atoms with Crippen molar-refractivity contribution in [2.75, 3.05) is 19.7 Å². The van der Waals surface area contributed by atoms with E-state index in [2.05, 4.69) is 5.32 Å². The molecule has 0 saturated heterocycles. The second-order valence-corrected chi connectivity index (χ2v) is 11.4. The van der Waals surface area contributed by atoms with Gasteiger partial charge in [0.15, 0.2) is 5.60 Å². The maximum absolute atomic E-state index is 13.1. The Morgan fingerprint density at radius 3 is 2.24 bits per heavy atom. The molecule has 0 amide bonds. The van der Waals surface area contributed by atoms with Crippen LogP contribution in [0.1, 0.15) is 38.0 Å². The molecule has 9 heteroatoms. The van der Waals surface area contributed by atoms with Crippen molar-refractivity contribution in [1.29, 1.82) is 0 Å². The lowest BCUT2D eigenvalue weighted by Crippen LogP contribution is -2.39. The van der Waals surface area contributed by atoms with E-state index in [1.54, 1.807) is 63.2 Å². The van der Waals surface area contributed by atoms with Crippen molar-refractivity contribution < 1.29 is 27.8 Å². The van der Waals surface area contributed by atoms with Crippen LogP contribution in [-0.4, -0.2) is 44.8 Å². The van der Waals surface area contributed by atoms with Crippen molar-refractivity contribution in [2.24, 2.45) is 0 Å². The van der Waals surface area contributed by atoms with Crippen LogP contribution in [0.5, 0.6) is 5.75 Å². The van der Waals surface area contributed by atoms with Crippen LogP contribution in [0.2, 0.25) is 5.02 Å². The fourth-order valence-electron chi connectivity index (χ4n) is 3.60. The van der Waals surface area contributed by atoms with Crippen molar-refractivity contribution in [3.05, 3.63) is 88.9 Å². The molecule has 2 N–H and O–H groups in total. The highest BCUT2D eigenvalue weighted by molar-refractivity contribution is 7.91. The third-order valence-corrected chi connectivity index (χ3v) is 7.69. The van der Waals surface area contributed by atoms with Crippen LogP contribution in [0.3, 0.4) is 0 Å². The lowest BCUT2D eigenvalue weighted by atomic mass is 10.1. The normalized spacial score (nSPS) is 12.7. The first-order valence-electron chi connectivity index (χ1n) is 12.0. The van der Waals surface area contributed by atoms with Crippen molar-refractivity contribution in [3.63, 3.8) is 0 Å². The van der Waals surface area contributed by atoms with E-state index >= 15 is 0 Å². The highest BCUT2D eigenvalue weighted by Crippen LogP contribution is 2.26. The number of carbonyl (C=O) groups excluding carboxylic acids is 1. The van der Waals surface area contributed by atoms with Crippen LogP contribution in [-0.2, 0) is 25.8 Å². The molecule has 0 saturated carbocycles. The summed E-state index contributed by atoms with van der Waals surface area (Å²) in [6.45, 7) is 6.14. The quantitative estimate of drug-likeness (QED) is 0.250. The second kappa shape index (κ2) is 12.6. The number of carbonyl (C=O) groups is 1. The van der Waals surface area contributed by atoms with Gasteiger partial charge in [0.05, 0.1) is 22.5 Å². The fourth-order valence-corrected chi connectivity index (χ4v) is 5.06. The average Bonchev–Trinajstić information content (AvgIpc) is 2.87. The van der Waals surface area contributed by atoms with E-state index in [9.17, 15) is 18.3 Å². The fraction of sp³-hybridized carbons (Fsp3) is 0.321. The van der Waals surface area contributed by atoms with Gasteiger partial charge < -0.3 is 19.9 Å². The second-order valence-electron chi connectivity index (χ2n) is 8.98. The zero-order chi connectivity index (χ0) is 27.1. The molecule has 3 aromatic carbocycles. The van der Waals surface area contributed by atoms with Crippen LogP contribution in [0.15, 0.2) is 82.6 Å². The summed E-state index contributed by atoms with van der Waals surface area (Å²) in [5.74, 6) is -0.139. The largest absolute Gasteiger partial charge is 0.476 e. The number of rotatable bonds is 12. The van der Waals surface area contributed by atoms with Gasteiger partial charge in [0.25, 0.3) is 0 Å². The minimum atomic E-state index is -3.72. The lowest BCUT2D eigenvalue weighted by molar-refractivity contribution is -0.158. The number of ether oxygens (including phenoxy) is 2. The van der Waals surface area contributed by atoms with Crippen LogP contribution in [0.4, 0.5) is 0 Å². The van der Waals surface area contributed by atoms with Gasteiger partial charge in [0.1, 0.15) is 5.75 Å². The molecule has 198 valence electrons. The smallest absolute Gasteiger partial charge is 0.349 e. The number of aliphatic hydroxyl groups excluding tert-OH is 1. The molecule has 0 unspecified atom stereocenters. The molecule has 0 radical (unpaired) electrons. The van der Waals surface area contributed by atoms with Gasteiger partial charge in [0.2, 0.25) is 9.84 Å². The molecule has 3 aromatic rings. The van der Waals surface area contributed by atoms with Crippen LogP contribution >= 0.6 is 11.6 Å². The number of aliphatic hydroxyl groups is 1. The molecule has 0 aliphatic rings. The topological polar surface area (TPSA) is 102 Å². The zero-order valence-corrected chi connectivity index (χ0v) is 22.7. The summed E-state index contributed by atoms with van der Waals surface area (Å²) in [6.07, 6.45) is 0.00414. The van der Waals surface area contributed by atoms with E-state index < -0.39 is 27.5 Å². The number of esters is 1. The maximum atomic E-state index is 13.1. The molecule has 0 spiro atoms. The molecule has 0 fully saturated rings. The van der Waals surface area contributed by atoms with E-state index in [0.29, 0.717) is 30.3 Å². The van der Waals surface area contributed by atoms with E-state index in [1.807, 2.05) is 6.07 Å². The van der Waals surface area contributed by atoms with Gasteiger partial charge >= 0.3 is 5.97 Å². The highest BCUT2D eigenvalue weighted by Gasteiger charge is 2.31. The van der Waals surface area contributed by atoms with Crippen molar-refractivity contribution in [2.45, 2.75) is 48.7 Å². The van der Waals surface area contributed by atoms with Gasteiger partial charge in [-0.15, -0.1) is 0 Å². The lowest BCUT2D eigenvalue weighted by Gasteiger charge is -2.24. The summed E-state index contributed by atoms with van der Waals surface area (Å²) >= 11 is 5.97. The molecule has 37 heavy (non-hydrogen) atoms. The average molecular weight is 546 g/mol. The summed E-state index contributed by atoms with van der Waals surface area (Å²) in [7, 11) is -3.72. The Balaban J connectivity index is 1.55. The van der Waals surface area contributed by atoms with Gasteiger partial charge in [-0.05, 0) is 93.4 Å². The Kier molecular flexibility index (Phi) is 9.73. The molecule has 0 heterocycles. The summed E-state index contributed by atoms with van der Waals surface area (Å²) < 4.78 is 36.8. The van der Waals surface area contributed by atoms with Gasteiger partial charge in [-0.1, -0.05) is 35.9 Å². The predicted octanol–water partition coefficient (Wildman–Crippen LogP) is 4.76. The number of hydrogen-bond donors (Lipinski definition) is 2. The van der Waals surface area contributed by atoms with Gasteiger partial charge in [-0.25, -0.2) is 13.2 Å². The monoisotopic (exact) mass is 545 g/mol. The molecule has 3 rings (SSSR count). The Morgan fingerprint density at radius 2 is 1.65 bits per heavy atom. The standard InChI is InChI=1S/C28H32ClNO6S/c1-4-35-27(32)28(2,3)36-23-10-14-25(15-11-23)37(33,34)24-12-8-20(9-13-24)16-17-30-19-26(31)21-6-5-7-22(29)18-21/h5-15,18,26,30-31H,4,16-17,19H2,1-3H3/t26-/m0/s1. The Bertz CT molecular complexity index is 1290. The van der Waals surface area contributed by atoms with Crippen LogP contribution in [0.25, 0.3) is 0 Å². The molecular formula is C28H32ClNO6S. The molecule has 1 atom stereocenters. The maximum Gasteiger partial charge on any atom is 0.349 e. The first-order valence-corrected chi connectivity index (χ1v) is 13.8. The van der Waals surface area contributed by atoms with Gasteiger partial charge in [-0.2, -0.15) is 0 Å². The minimum Gasteiger partial charge on any atom is -0.476 e. The number of nitrogens with one attached hydrogen (secondary N) is 1. The third-order valence-electron chi connectivity index (χ3n) is 5.67. The third kappa shape index (κ3) is 7.79.